The summed E-state index contributed by atoms with van der Waals surface area (Å²) in [7, 11) is 0. The molecular formula is C12H21N3O3. The minimum atomic E-state index is -1.13. The van der Waals surface area contributed by atoms with Gasteiger partial charge in [0.2, 0.25) is 0 Å². The number of carbonyl (C=O) groups is 2. The standard InChI is InChI=1S/C12H21N3O3/c1-12(10(16)17,9-2-3-9)14-11(18)15-5-4-8(6-13)7-15/h8-9H,2-7,13H2,1H3,(H,14,18)(H,16,17). The third-order valence-corrected chi connectivity index (χ3v) is 4.11. The number of nitrogens with two attached hydrogens (primary N) is 1. The van der Waals surface area contributed by atoms with Crippen molar-refractivity contribution in [3.05, 3.63) is 0 Å². The van der Waals surface area contributed by atoms with E-state index < -0.39 is 11.5 Å². The number of amides is 2. The van der Waals surface area contributed by atoms with Crippen LogP contribution in [0, 0.1) is 11.8 Å². The fourth-order valence-corrected chi connectivity index (χ4v) is 2.50. The number of carboxylic acids is 1. The van der Waals surface area contributed by atoms with E-state index in [9.17, 15) is 14.7 Å². The highest BCUT2D eigenvalue weighted by molar-refractivity contribution is 5.86. The van der Waals surface area contributed by atoms with E-state index >= 15 is 0 Å². The third kappa shape index (κ3) is 2.43. The first kappa shape index (κ1) is 13.1. The molecule has 2 aliphatic rings. The number of hydrogen-bond acceptors (Lipinski definition) is 3. The lowest BCUT2D eigenvalue weighted by molar-refractivity contribution is -0.144. The molecule has 1 aliphatic carbocycles. The van der Waals surface area contributed by atoms with Crippen molar-refractivity contribution in [1.29, 1.82) is 0 Å². The highest BCUT2D eigenvalue weighted by Gasteiger charge is 2.49. The van der Waals surface area contributed by atoms with Gasteiger partial charge in [-0.25, -0.2) is 9.59 Å². The zero-order valence-electron chi connectivity index (χ0n) is 10.7. The van der Waals surface area contributed by atoms with Gasteiger partial charge in [0.1, 0.15) is 5.54 Å². The maximum Gasteiger partial charge on any atom is 0.329 e. The van der Waals surface area contributed by atoms with Crippen molar-refractivity contribution in [2.45, 2.75) is 31.7 Å². The maximum absolute atomic E-state index is 12.1. The first-order chi connectivity index (χ1) is 8.47. The molecular weight excluding hydrogens is 234 g/mol. The largest absolute Gasteiger partial charge is 0.480 e. The number of nitrogens with zero attached hydrogens (tertiary/aromatic N) is 1. The lowest BCUT2D eigenvalue weighted by Gasteiger charge is -2.29. The van der Waals surface area contributed by atoms with Gasteiger partial charge >= 0.3 is 12.0 Å². The van der Waals surface area contributed by atoms with Crippen molar-refractivity contribution in [2.24, 2.45) is 17.6 Å². The van der Waals surface area contributed by atoms with Crippen LogP contribution in [0.4, 0.5) is 4.79 Å². The molecule has 1 saturated carbocycles. The van der Waals surface area contributed by atoms with Gasteiger partial charge in [-0.3, -0.25) is 0 Å². The second-order valence-corrected chi connectivity index (χ2v) is 5.55. The molecule has 1 aliphatic heterocycles. The highest BCUT2D eigenvalue weighted by atomic mass is 16.4. The Morgan fingerprint density at radius 3 is 2.56 bits per heavy atom. The average molecular weight is 255 g/mol. The molecule has 6 heteroatoms. The van der Waals surface area contributed by atoms with Crippen LogP contribution in [0.15, 0.2) is 0 Å². The van der Waals surface area contributed by atoms with Gasteiger partial charge in [-0.05, 0) is 44.6 Å². The van der Waals surface area contributed by atoms with Crippen LogP contribution < -0.4 is 11.1 Å². The summed E-state index contributed by atoms with van der Waals surface area (Å²) in [5, 5.41) is 12.0. The molecule has 18 heavy (non-hydrogen) atoms. The Kier molecular flexibility index (Phi) is 3.47. The predicted octanol–water partition coefficient (Wildman–Crippen LogP) is 0.230. The maximum atomic E-state index is 12.1. The lowest BCUT2D eigenvalue weighted by Crippen LogP contribution is -2.57. The van der Waals surface area contributed by atoms with E-state index in [-0.39, 0.29) is 11.9 Å². The summed E-state index contributed by atoms with van der Waals surface area (Å²) in [5.74, 6) is -0.549. The average Bonchev–Trinajstić information content (AvgIpc) is 3.07. The van der Waals surface area contributed by atoms with Gasteiger partial charge in [-0.15, -0.1) is 0 Å². The van der Waals surface area contributed by atoms with Gasteiger partial charge in [-0.1, -0.05) is 0 Å². The van der Waals surface area contributed by atoms with Crippen LogP contribution in [-0.4, -0.2) is 47.2 Å². The van der Waals surface area contributed by atoms with Gasteiger partial charge in [0, 0.05) is 13.1 Å². The molecule has 1 heterocycles. The van der Waals surface area contributed by atoms with Crippen molar-refractivity contribution >= 4 is 12.0 Å². The molecule has 2 rings (SSSR count). The molecule has 2 unspecified atom stereocenters. The smallest absolute Gasteiger partial charge is 0.329 e. The SMILES string of the molecule is CC(NC(=O)N1CCC(CN)C1)(C(=O)O)C1CC1. The number of nitrogens with one attached hydrogen (secondary N) is 1. The monoisotopic (exact) mass is 255 g/mol. The molecule has 1 saturated heterocycles. The summed E-state index contributed by atoms with van der Waals surface area (Å²) in [6.07, 6.45) is 2.64. The number of aliphatic carboxylic acids is 1. The van der Waals surface area contributed by atoms with Gasteiger partial charge in [-0.2, -0.15) is 0 Å². The van der Waals surface area contributed by atoms with Crippen LogP contribution >= 0.6 is 0 Å². The molecule has 0 bridgehead atoms. The normalized spacial score (nSPS) is 26.8. The minimum absolute atomic E-state index is 0.0619. The molecule has 2 atom stereocenters. The van der Waals surface area contributed by atoms with E-state index in [1.165, 1.54) is 0 Å². The van der Waals surface area contributed by atoms with Crippen LogP contribution in [0.1, 0.15) is 26.2 Å². The Morgan fingerprint density at radius 2 is 2.11 bits per heavy atom. The van der Waals surface area contributed by atoms with Crippen LogP contribution in [0.2, 0.25) is 0 Å². The van der Waals surface area contributed by atoms with Gasteiger partial charge < -0.3 is 21.1 Å². The number of likely N-dealkylation sites (tertiary alicyclic amines) is 1. The number of hydrogen-bond donors (Lipinski definition) is 3. The van der Waals surface area contributed by atoms with Crippen molar-refractivity contribution < 1.29 is 14.7 Å². The molecule has 0 aromatic rings. The number of carboxylic acid groups (broad SMARTS) is 1. The predicted molar refractivity (Wildman–Crippen MR) is 66.0 cm³/mol. The second-order valence-electron chi connectivity index (χ2n) is 5.55. The first-order valence-electron chi connectivity index (χ1n) is 6.48. The van der Waals surface area contributed by atoms with E-state index in [2.05, 4.69) is 5.32 Å². The zero-order chi connectivity index (χ0) is 13.3. The van der Waals surface area contributed by atoms with Crippen molar-refractivity contribution in [1.82, 2.24) is 10.2 Å². The summed E-state index contributed by atoms with van der Waals surface area (Å²) in [6.45, 7) is 3.46. The molecule has 0 radical (unpaired) electrons. The van der Waals surface area contributed by atoms with Gasteiger partial charge in [0.05, 0.1) is 0 Å². The Morgan fingerprint density at radius 1 is 1.44 bits per heavy atom. The molecule has 0 aromatic heterocycles. The highest BCUT2D eigenvalue weighted by Crippen LogP contribution is 2.39. The lowest BCUT2D eigenvalue weighted by atomic mass is 9.96. The van der Waals surface area contributed by atoms with Gasteiger partial charge in [0.25, 0.3) is 0 Å². The molecule has 4 N–H and O–H groups in total. The number of carbonyl (C=O) groups excluding carboxylic acids is 1. The van der Waals surface area contributed by atoms with Crippen LogP contribution in [0.3, 0.4) is 0 Å². The minimum Gasteiger partial charge on any atom is -0.480 e. The summed E-state index contributed by atoms with van der Waals surface area (Å²) in [4.78, 5) is 25.1. The van der Waals surface area contributed by atoms with E-state index in [1.54, 1.807) is 11.8 Å². The van der Waals surface area contributed by atoms with E-state index in [0.717, 1.165) is 19.3 Å². The Hall–Kier alpha value is -1.30. The Balaban J connectivity index is 1.96. The van der Waals surface area contributed by atoms with Gasteiger partial charge in [0.15, 0.2) is 0 Å². The molecule has 102 valence electrons. The van der Waals surface area contributed by atoms with Crippen molar-refractivity contribution in [3.8, 4) is 0 Å². The number of rotatable bonds is 4. The fourth-order valence-electron chi connectivity index (χ4n) is 2.50. The summed E-state index contributed by atoms with van der Waals surface area (Å²) in [6, 6.07) is -0.275. The Labute approximate surface area is 107 Å². The van der Waals surface area contributed by atoms with E-state index in [0.29, 0.717) is 25.6 Å². The topological polar surface area (TPSA) is 95.7 Å². The van der Waals surface area contributed by atoms with Crippen molar-refractivity contribution in [3.63, 3.8) is 0 Å². The molecule has 0 aromatic carbocycles. The van der Waals surface area contributed by atoms with E-state index in [1.807, 2.05) is 0 Å². The summed E-state index contributed by atoms with van der Waals surface area (Å²) < 4.78 is 0. The third-order valence-electron chi connectivity index (χ3n) is 4.11. The second kappa shape index (κ2) is 4.76. The molecule has 0 spiro atoms. The van der Waals surface area contributed by atoms with Crippen molar-refractivity contribution in [2.75, 3.05) is 19.6 Å². The molecule has 2 fully saturated rings. The van der Waals surface area contributed by atoms with Crippen LogP contribution in [-0.2, 0) is 4.79 Å². The van der Waals surface area contributed by atoms with E-state index in [4.69, 9.17) is 5.73 Å². The first-order valence-corrected chi connectivity index (χ1v) is 6.48. The number of urea groups is 1. The summed E-state index contributed by atoms with van der Waals surface area (Å²) >= 11 is 0. The van der Waals surface area contributed by atoms with Crippen LogP contribution in [0.25, 0.3) is 0 Å². The molecule has 2 amide bonds. The molecule has 6 nitrogen and oxygen atoms in total. The van der Waals surface area contributed by atoms with Crippen LogP contribution in [0.5, 0.6) is 0 Å². The Bertz CT molecular complexity index is 356. The fraction of sp³-hybridized carbons (Fsp3) is 0.833. The zero-order valence-corrected chi connectivity index (χ0v) is 10.7. The quantitative estimate of drug-likeness (QED) is 0.670. The summed E-state index contributed by atoms with van der Waals surface area (Å²) in [5.41, 5.74) is 4.45.